The smallest absolute Gasteiger partial charge is 0.0434 e. The average Bonchev–Trinajstić information content (AvgIpc) is 3.81. The van der Waals surface area contributed by atoms with Gasteiger partial charge in [0.25, 0.3) is 0 Å². The zero-order valence-corrected chi connectivity index (χ0v) is 30.9. The molecule has 252 valence electrons. The zero-order chi connectivity index (χ0) is 35.6. The largest absolute Gasteiger partial charge is 0.135 e. The maximum Gasteiger partial charge on any atom is 0.0434 e. The van der Waals surface area contributed by atoms with Crippen molar-refractivity contribution in [3.05, 3.63) is 194 Å². The van der Waals surface area contributed by atoms with Crippen LogP contribution in [0.1, 0.15) is 0 Å². The van der Waals surface area contributed by atoms with Gasteiger partial charge in [-0.1, -0.05) is 158 Å². The minimum atomic E-state index is 1.20. The van der Waals surface area contributed by atoms with Gasteiger partial charge in [-0.05, 0) is 96.7 Å². The normalized spacial score (nSPS) is 11.7. The van der Waals surface area contributed by atoms with Gasteiger partial charge in [0.1, 0.15) is 0 Å². The van der Waals surface area contributed by atoms with E-state index in [4.69, 9.17) is 0 Å². The summed E-state index contributed by atoms with van der Waals surface area (Å²) in [5, 5.41) is 13.0. The van der Waals surface area contributed by atoms with Crippen molar-refractivity contribution in [3.8, 4) is 33.4 Å². The Balaban J connectivity index is 1.02. The molecule has 0 atom stereocenters. The fourth-order valence-corrected chi connectivity index (χ4v) is 10.7. The molecular weight excluding hydrogens is 689 g/mol. The number of fused-ring (bicyclic) bond motifs is 11. The van der Waals surface area contributed by atoms with Crippen LogP contribution in [-0.4, -0.2) is 0 Å². The van der Waals surface area contributed by atoms with Crippen molar-refractivity contribution >= 4 is 95.3 Å². The van der Waals surface area contributed by atoms with Gasteiger partial charge in [0.05, 0.1) is 0 Å². The number of thiophene rings is 2. The van der Waals surface area contributed by atoms with Crippen molar-refractivity contribution < 1.29 is 0 Å². The molecule has 11 aromatic rings. The third-order valence-electron chi connectivity index (χ3n) is 10.9. The molecular formula is C52H32S2. The summed E-state index contributed by atoms with van der Waals surface area (Å²) in [7, 11) is 0. The quantitative estimate of drug-likeness (QED) is 0.170. The summed E-state index contributed by atoms with van der Waals surface area (Å²) in [6.07, 6.45) is 0. The molecule has 54 heavy (non-hydrogen) atoms. The molecule has 0 amide bonds. The van der Waals surface area contributed by atoms with Crippen molar-refractivity contribution in [1.29, 1.82) is 0 Å². The summed E-state index contributed by atoms with van der Waals surface area (Å²) in [6.45, 7) is 0. The van der Waals surface area contributed by atoms with E-state index >= 15 is 0 Å². The molecule has 0 saturated carbocycles. The van der Waals surface area contributed by atoms with Gasteiger partial charge < -0.3 is 0 Å². The van der Waals surface area contributed by atoms with Gasteiger partial charge in [-0.15, -0.1) is 22.7 Å². The van der Waals surface area contributed by atoms with Crippen LogP contribution in [0, 0.1) is 0 Å². The first-order valence-corrected chi connectivity index (χ1v) is 20.0. The molecule has 0 bridgehead atoms. The molecule has 0 aliphatic heterocycles. The summed E-state index contributed by atoms with van der Waals surface area (Å²) >= 11 is 3.80. The average molecular weight is 721 g/mol. The van der Waals surface area contributed by atoms with Crippen molar-refractivity contribution in [2.45, 2.75) is 0 Å². The van der Waals surface area contributed by atoms with E-state index in [2.05, 4.69) is 194 Å². The summed E-state index contributed by atoms with van der Waals surface area (Å²) in [5.41, 5.74) is 7.32. The molecule has 0 unspecified atom stereocenters. The van der Waals surface area contributed by atoms with Crippen LogP contribution in [0.5, 0.6) is 0 Å². The van der Waals surface area contributed by atoms with Crippen molar-refractivity contribution in [1.82, 2.24) is 0 Å². The monoisotopic (exact) mass is 720 g/mol. The lowest BCUT2D eigenvalue weighted by Crippen LogP contribution is -1.84. The van der Waals surface area contributed by atoms with Crippen LogP contribution >= 0.6 is 22.7 Å². The Morgan fingerprint density at radius 3 is 1.57 bits per heavy atom. The molecule has 2 heterocycles. The van der Waals surface area contributed by atoms with Gasteiger partial charge in [0.2, 0.25) is 0 Å². The van der Waals surface area contributed by atoms with Crippen molar-refractivity contribution in [2.24, 2.45) is 0 Å². The van der Waals surface area contributed by atoms with Crippen LogP contribution < -0.4 is 0 Å². The zero-order valence-electron chi connectivity index (χ0n) is 29.3. The maximum atomic E-state index is 2.40. The van der Waals surface area contributed by atoms with Gasteiger partial charge >= 0.3 is 0 Å². The van der Waals surface area contributed by atoms with E-state index in [0.29, 0.717) is 0 Å². The van der Waals surface area contributed by atoms with Gasteiger partial charge in [0, 0.05) is 45.7 Å². The van der Waals surface area contributed by atoms with E-state index in [-0.39, 0.29) is 0 Å². The lowest BCUT2D eigenvalue weighted by molar-refractivity contribution is 1.64. The van der Waals surface area contributed by atoms with E-state index in [9.17, 15) is 0 Å². The fourth-order valence-electron chi connectivity index (χ4n) is 8.32. The molecule has 0 saturated heterocycles. The minimum absolute atomic E-state index is 1.20. The summed E-state index contributed by atoms with van der Waals surface area (Å²) < 4.78 is 5.41. The van der Waals surface area contributed by atoms with E-state index in [1.165, 1.54) is 106 Å². The highest BCUT2D eigenvalue weighted by Gasteiger charge is 2.15. The topological polar surface area (TPSA) is 0 Å². The van der Waals surface area contributed by atoms with Gasteiger partial charge in [-0.25, -0.2) is 0 Å². The first-order valence-electron chi connectivity index (χ1n) is 18.4. The molecule has 0 N–H and O–H groups in total. The van der Waals surface area contributed by atoms with E-state index in [1.807, 2.05) is 22.7 Å². The van der Waals surface area contributed by atoms with E-state index < -0.39 is 0 Å². The fraction of sp³-hybridized carbons (Fsp3) is 0. The highest BCUT2D eigenvalue weighted by Crippen LogP contribution is 2.45. The number of hydrogen-bond donors (Lipinski definition) is 0. The standard InChI is InChI=1S/C52H32S2/c1-2-7-15-40(42-17-9-8-16-41(42)39(14-6-1)33-12-4-3-5-13-33)38-23-22-34-30-35(20-21-36(34)31-38)37-24-28-49-47(32-37)45-26-25-43-44(52(45)54-49)27-29-50-51(43)46-18-10-11-19-48(46)53-50/h1-32H. The SMILES string of the molecule is c1ccc(-c2ccccccc(-c3ccc4cc(-c5ccc6sc7c(ccc8c7ccc7sc9ccccc9c78)c6c5)ccc4c3)c3ccccc23)cc1. The van der Waals surface area contributed by atoms with Crippen LogP contribution in [0.15, 0.2) is 194 Å². The molecule has 0 spiro atoms. The summed E-state index contributed by atoms with van der Waals surface area (Å²) in [5.74, 6) is 0. The Labute approximate surface area is 321 Å². The number of rotatable bonds is 3. The first-order chi connectivity index (χ1) is 26.8. The lowest BCUT2D eigenvalue weighted by Gasteiger charge is -2.11. The third kappa shape index (κ3) is 5.10. The van der Waals surface area contributed by atoms with Crippen molar-refractivity contribution in [3.63, 3.8) is 0 Å². The molecule has 2 aromatic heterocycles. The van der Waals surface area contributed by atoms with Crippen LogP contribution in [-0.2, 0) is 0 Å². The number of benzene rings is 8. The van der Waals surface area contributed by atoms with E-state index in [0.717, 1.165) is 0 Å². The van der Waals surface area contributed by atoms with Crippen LogP contribution in [0.4, 0.5) is 0 Å². The summed E-state index contributed by atoms with van der Waals surface area (Å²) in [6, 6.07) is 71.5. The highest BCUT2D eigenvalue weighted by atomic mass is 32.1. The Hall–Kier alpha value is -6.32. The Bertz CT molecular complexity index is 3330. The molecule has 0 fully saturated rings. The van der Waals surface area contributed by atoms with Crippen LogP contribution in [0.2, 0.25) is 0 Å². The summed E-state index contributed by atoms with van der Waals surface area (Å²) in [4.78, 5) is 0. The Kier molecular flexibility index (Phi) is 7.33. The Morgan fingerprint density at radius 1 is 0.259 bits per heavy atom. The molecule has 0 radical (unpaired) electrons. The maximum absolute atomic E-state index is 2.40. The molecule has 9 aromatic carbocycles. The van der Waals surface area contributed by atoms with Gasteiger partial charge in [0.15, 0.2) is 0 Å². The lowest BCUT2D eigenvalue weighted by atomic mass is 9.93. The second-order valence-corrected chi connectivity index (χ2v) is 16.1. The molecule has 0 aliphatic rings. The third-order valence-corrected chi connectivity index (χ3v) is 13.3. The van der Waals surface area contributed by atoms with Crippen molar-refractivity contribution in [2.75, 3.05) is 0 Å². The second kappa shape index (κ2) is 12.7. The van der Waals surface area contributed by atoms with E-state index in [1.54, 1.807) is 0 Å². The molecule has 0 nitrogen and oxygen atoms in total. The van der Waals surface area contributed by atoms with Crippen LogP contribution in [0.3, 0.4) is 0 Å². The minimum Gasteiger partial charge on any atom is -0.135 e. The molecule has 11 rings (SSSR count). The number of hydrogen-bond acceptors (Lipinski definition) is 2. The van der Waals surface area contributed by atoms with Gasteiger partial charge in [-0.2, -0.15) is 0 Å². The Morgan fingerprint density at radius 2 is 0.778 bits per heavy atom. The first kappa shape index (κ1) is 31.2. The predicted molar refractivity (Wildman–Crippen MR) is 239 cm³/mol. The van der Waals surface area contributed by atoms with Crippen LogP contribution in [0.25, 0.3) is 106 Å². The van der Waals surface area contributed by atoms with Gasteiger partial charge in [-0.3, -0.25) is 0 Å². The highest BCUT2D eigenvalue weighted by molar-refractivity contribution is 7.27. The predicted octanol–water partition coefficient (Wildman–Crippen LogP) is 16.0. The second-order valence-electron chi connectivity index (χ2n) is 14.0. The molecule has 2 heteroatoms. The molecule has 0 aliphatic carbocycles.